The maximum absolute atomic E-state index is 14.1. The van der Waals surface area contributed by atoms with Gasteiger partial charge in [0, 0.05) is 16.8 Å². The molecule has 5 nitrogen and oxygen atoms in total. The van der Waals surface area contributed by atoms with Crippen LogP contribution in [0.15, 0.2) is 66.7 Å². The van der Waals surface area contributed by atoms with E-state index in [9.17, 15) is 14.0 Å². The van der Waals surface area contributed by atoms with E-state index in [1.54, 1.807) is 48.2 Å². The Labute approximate surface area is 203 Å². The molecule has 0 aromatic heterocycles. The van der Waals surface area contributed by atoms with Crippen LogP contribution in [-0.2, 0) is 4.79 Å². The lowest BCUT2D eigenvalue weighted by Gasteiger charge is -2.26. The van der Waals surface area contributed by atoms with Crippen LogP contribution in [0.2, 0.25) is 0 Å². The molecular formula is C27H27FN2O3S. The first-order chi connectivity index (χ1) is 16.5. The summed E-state index contributed by atoms with van der Waals surface area (Å²) < 4.78 is 19.7. The van der Waals surface area contributed by atoms with E-state index < -0.39 is 0 Å². The molecule has 0 aliphatic carbocycles. The average molecular weight is 479 g/mol. The van der Waals surface area contributed by atoms with E-state index >= 15 is 0 Å². The first-order valence-corrected chi connectivity index (χ1v) is 12.4. The maximum atomic E-state index is 14.1. The van der Waals surface area contributed by atoms with Gasteiger partial charge in [-0.1, -0.05) is 31.5 Å². The first-order valence-electron chi connectivity index (χ1n) is 11.3. The summed E-state index contributed by atoms with van der Waals surface area (Å²) in [6, 6.07) is 19.3. The Kier molecular flexibility index (Phi) is 7.53. The van der Waals surface area contributed by atoms with Crippen molar-refractivity contribution in [2.75, 3.05) is 22.6 Å². The predicted molar refractivity (Wildman–Crippen MR) is 135 cm³/mol. The lowest BCUT2D eigenvalue weighted by atomic mass is 10.1. The van der Waals surface area contributed by atoms with E-state index in [1.165, 1.54) is 17.8 Å². The molecule has 0 spiro atoms. The van der Waals surface area contributed by atoms with Crippen LogP contribution in [0, 0.1) is 12.7 Å². The minimum absolute atomic E-state index is 0.0526. The number of hydrogen-bond acceptors (Lipinski definition) is 4. The van der Waals surface area contributed by atoms with Crippen LogP contribution in [0.5, 0.6) is 5.75 Å². The predicted octanol–water partition coefficient (Wildman–Crippen LogP) is 6.34. The number of ether oxygens (including phenoxy) is 1. The fourth-order valence-corrected chi connectivity index (χ4v) is 4.93. The number of nitrogens with one attached hydrogen (secondary N) is 1. The topological polar surface area (TPSA) is 58.6 Å². The standard InChI is InChI=1S/C27H27FN2O3S/c1-3-4-16-33-22-14-10-19(11-15-22)26(32)29-21-12-8-20(9-13-21)27-30(25(31)17-34-27)24-7-5-6-23(28)18(24)2/h5-15,27H,3-4,16-17H2,1-2H3,(H,29,32). The van der Waals surface area contributed by atoms with Gasteiger partial charge in [0.2, 0.25) is 5.91 Å². The Balaban J connectivity index is 1.44. The number of carbonyl (C=O) groups excluding carboxylic acids is 2. The molecule has 1 heterocycles. The molecular weight excluding hydrogens is 451 g/mol. The number of unbranched alkanes of at least 4 members (excludes halogenated alkanes) is 1. The Bertz CT molecular complexity index is 1170. The first kappa shape index (κ1) is 23.8. The summed E-state index contributed by atoms with van der Waals surface area (Å²) in [6.07, 6.45) is 2.06. The third kappa shape index (κ3) is 5.25. The number of rotatable bonds is 8. The molecule has 176 valence electrons. The smallest absolute Gasteiger partial charge is 0.255 e. The summed E-state index contributed by atoms with van der Waals surface area (Å²) >= 11 is 1.50. The minimum Gasteiger partial charge on any atom is -0.494 e. The van der Waals surface area contributed by atoms with Gasteiger partial charge in [-0.15, -0.1) is 11.8 Å². The van der Waals surface area contributed by atoms with Crippen molar-refractivity contribution >= 4 is 35.0 Å². The number of carbonyl (C=O) groups is 2. The van der Waals surface area contributed by atoms with Gasteiger partial charge in [-0.2, -0.15) is 0 Å². The molecule has 7 heteroatoms. The quantitative estimate of drug-likeness (QED) is 0.384. The van der Waals surface area contributed by atoms with Gasteiger partial charge in [-0.05, 0) is 67.4 Å². The summed E-state index contributed by atoms with van der Waals surface area (Å²) in [5.74, 6) is 0.478. The summed E-state index contributed by atoms with van der Waals surface area (Å²) in [6.45, 7) is 4.45. The van der Waals surface area contributed by atoms with Gasteiger partial charge in [0.25, 0.3) is 5.91 Å². The maximum Gasteiger partial charge on any atom is 0.255 e. The van der Waals surface area contributed by atoms with Crippen LogP contribution in [0.4, 0.5) is 15.8 Å². The number of anilines is 2. The van der Waals surface area contributed by atoms with Crippen molar-refractivity contribution in [2.45, 2.75) is 32.1 Å². The SMILES string of the molecule is CCCCOc1ccc(C(=O)Nc2ccc(C3SCC(=O)N3c3cccc(F)c3C)cc2)cc1. The third-order valence-corrected chi connectivity index (χ3v) is 6.92. The molecule has 3 aromatic carbocycles. The van der Waals surface area contributed by atoms with Gasteiger partial charge >= 0.3 is 0 Å². The van der Waals surface area contributed by atoms with Crippen molar-refractivity contribution in [1.82, 2.24) is 0 Å². The van der Waals surface area contributed by atoms with Crippen LogP contribution in [0.1, 0.15) is 46.6 Å². The lowest BCUT2D eigenvalue weighted by molar-refractivity contribution is -0.115. The molecule has 1 unspecified atom stereocenters. The van der Waals surface area contributed by atoms with Crippen molar-refractivity contribution in [3.05, 3.63) is 89.2 Å². The molecule has 0 bridgehead atoms. The zero-order valence-electron chi connectivity index (χ0n) is 19.2. The van der Waals surface area contributed by atoms with Gasteiger partial charge in [0.05, 0.1) is 18.0 Å². The molecule has 3 aromatic rings. The highest BCUT2D eigenvalue weighted by molar-refractivity contribution is 8.00. The second-order valence-electron chi connectivity index (χ2n) is 8.11. The molecule has 1 N–H and O–H groups in total. The molecule has 1 aliphatic rings. The molecule has 2 amide bonds. The molecule has 1 atom stereocenters. The summed E-state index contributed by atoms with van der Waals surface area (Å²) in [5, 5.41) is 2.65. The molecule has 4 rings (SSSR count). The molecule has 0 saturated carbocycles. The van der Waals surface area contributed by atoms with Crippen LogP contribution in [0.3, 0.4) is 0 Å². The molecule has 34 heavy (non-hydrogen) atoms. The van der Waals surface area contributed by atoms with Crippen LogP contribution < -0.4 is 15.0 Å². The van der Waals surface area contributed by atoms with Gasteiger partial charge in [0.1, 0.15) is 16.9 Å². The van der Waals surface area contributed by atoms with Crippen molar-refractivity contribution in [2.24, 2.45) is 0 Å². The Morgan fingerprint density at radius 3 is 2.56 bits per heavy atom. The molecule has 1 aliphatic heterocycles. The number of halogens is 1. The Morgan fingerprint density at radius 2 is 1.85 bits per heavy atom. The van der Waals surface area contributed by atoms with E-state index in [2.05, 4.69) is 12.2 Å². The van der Waals surface area contributed by atoms with Crippen molar-refractivity contribution in [3.8, 4) is 5.75 Å². The van der Waals surface area contributed by atoms with E-state index in [1.807, 2.05) is 24.3 Å². The molecule has 0 radical (unpaired) electrons. The number of nitrogens with zero attached hydrogens (tertiary/aromatic N) is 1. The highest BCUT2D eigenvalue weighted by Gasteiger charge is 2.35. The van der Waals surface area contributed by atoms with Crippen molar-refractivity contribution in [1.29, 1.82) is 0 Å². The van der Waals surface area contributed by atoms with Crippen LogP contribution in [-0.4, -0.2) is 24.2 Å². The van der Waals surface area contributed by atoms with Gasteiger partial charge in [-0.25, -0.2) is 4.39 Å². The van der Waals surface area contributed by atoms with Crippen LogP contribution in [0.25, 0.3) is 0 Å². The zero-order chi connectivity index (χ0) is 24.1. The molecule has 1 saturated heterocycles. The number of benzene rings is 3. The second-order valence-corrected chi connectivity index (χ2v) is 9.18. The van der Waals surface area contributed by atoms with Crippen LogP contribution >= 0.6 is 11.8 Å². The number of thioether (sulfide) groups is 1. The monoisotopic (exact) mass is 478 g/mol. The zero-order valence-corrected chi connectivity index (χ0v) is 20.0. The summed E-state index contributed by atoms with van der Waals surface area (Å²) in [5.41, 5.74) is 3.14. The van der Waals surface area contributed by atoms with E-state index in [-0.39, 0.29) is 23.0 Å². The van der Waals surface area contributed by atoms with Crippen molar-refractivity contribution < 1.29 is 18.7 Å². The van der Waals surface area contributed by atoms with Gasteiger partial charge in [0.15, 0.2) is 0 Å². The fraction of sp³-hybridized carbons (Fsp3) is 0.259. The number of hydrogen-bond donors (Lipinski definition) is 1. The fourth-order valence-electron chi connectivity index (χ4n) is 3.76. The normalized spacial score (nSPS) is 15.4. The largest absolute Gasteiger partial charge is 0.494 e. The molecule has 1 fully saturated rings. The Hall–Kier alpha value is -3.32. The van der Waals surface area contributed by atoms with E-state index in [0.29, 0.717) is 34.9 Å². The third-order valence-electron chi connectivity index (χ3n) is 5.70. The average Bonchev–Trinajstić information content (AvgIpc) is 3.23. The van der Waals surface area contributed by atoms with Gasteiger partial charge in [-0.3, -0.25) is 14.5 Å². The van der Waals surface area contributed by atoms with Gasteiger partial charge < -0.3 is 10.1 Å². The minimum atomic E-state index is -0.334. The summed E-state index contributed by atoms with van der Waals surface area (Å²) in [4.78, 5) is 26.9. The van der Waals surface area contributed by atoms with Crippen molar-refractivity contribution in [3.63, 3.8) is 0 Å². The highest BCUT2D eigenvalue weighted by Crippen LogP contribution is 2.43. The van der Waals surface area contributed by atoms with E-state index in [4.69, 9.17) is 4.74 Å². The van der Waals surface area contributed by atoms with E-state index in [0.717, 1.165) is 24.2 Å². The Morgan fingerprint density at radius 1 is 1.12 bits per heavy atom. The highest BCUT2D eigenvalue weighted by atomic mass is 32.2. The lowest BCUT2D eigenvalue weighted by Crippen LogP contribution is -2.28. The summed E-state index contributed by atoms with van der Waals surface area (Å²) in [7, 11) is 0. The second kappa shape index (κ2) is 10.7. The number of amides is 2.